The second-order valence-electron chi connectivity index (χ2n) is 3.85. The van der Waals surface area contributed by atoms with Gasteiger partial charge < -0.3 is 14.7 Å². The highest BCUT2D eigenvalue weighted by Crippen LogP contribution is 2.23. The Kier molecular flexibility index (Phi) is 2.07. The molecule has 0 saturated carbocycles. The molecule has 1 atom stereocenters. The fraction of sp³-hybridized carbons (Fsp3) is 0.364. The maximum atomic E-state index is 5.31. The molecule has 0 radical (unpaired) electrons. The van der Waals surface area contributed by atoms with Crippen LogP contribution >= 0.6 is 0 Å². The Morgan fingerprint density at radius 1 is 1.47 bits per heavy atom. The first kappa shape index (κ1) is 8.73. The summed E-state index contributed by atoms with van der Waals surface area (Å²) < 4.78 is 5.31. The standard InChI is InChI=1S/C11H13N3O/c1-2-10(15-5-1)9-7-13-11(14-9)8-3-4-12-6-8/h1-2,5,7-8,12H,3-4,6H2,(H,13,14). The molecule has 1 fully saturated rings. The summed E-state index contributed by atoms with van der Waals surface area (Å²) in [5.74, 6) is 2.43. The molecule has 2 N–H and O–H groups in total. The molecule has 0 amide bonds. The monoisotopic (exact) mass is 203 g/mol. The van der Waals surface area contributed by atoms with Crippen LogP contribution in [0.5, 0.6) is 0 Å². The number of nitrogens with one attached hydrogen (secondary N) is 2. The van der Waals surface area contributed by atoms with Crippen molar-refractivity contribution in [2.24, 2.45) is 0 Å². The lowest BCUT2D eigenvalue weighted by atomic mass is 10.1. The number of nitrogens with zero attached hydrogens (tertiary/aromatic N) is 1. The van der Waals surface area contributed by atoms with Gasteiger partial charge in [-0.3, -0.25) is 0 Å². The Labute approximate surface area is 87.7 Å². The predicted molar refractivity (Wildman–Crippen MR) is 56.5 cm³/mol. The zero-order valence-corrected chi connectivity index (χ0v) is 8.36. The number of imidazole rings is 1. The summed E-state index contributed by atoms with van der Waals surface area (Å²) >= 11 is 0. The SMILES string of the molecule is c1coc(-c2cnc(C3CCNC3)[nH]2)c1. The largest absolute Gasteiger partial charge is 0.463 e. The molecule has 0 bridgehead atoms. The van der Waals surface area contributed by atoms with Gasteiger partial charge in [-0.15, -0.1) is 0 Å². The molecular weight excluding hydrogens is 190 g/mol. The van der Waals surface area contributed by atoms with Crippen molar-refractivity contribution in [2.75, 3.05) is 13.1 Å². The summed E-state index contributed by atoms with van der Waals surface area (Å²) in [6.07, 6.45) is 4.67. The highest BCUT2D eigenvalue weighted by molar-refractivity contribution is 5.50. The van der Waals surface area contributed by atoms with E-state index in [-0.39, 0.29) is 0 Å². The fourth-order valence-corrected chi connectivity index (χ4v) is 1.99. The van der Waals surface area contributed by atoms with E-state index < -0.39 is 0 Å². The molecule has 1 unspecified atom stereocenters. The van der Waals surface area contributed by atoms with Crippen molar-refractivity contribution >= 4 is 0 Å². The van der Waals surface area contributed by atoms with E-state index in [0.29, 0.717) is 5.92 Å². The molecule has 2 aromatic heterocycles. The van der Waals surface area contributed by atoms with E-state index in [4.69, 9.17) is 4.42 Å². The molecule has 0 spiro atoms. The van der Waals surface area contributed by atoms with Crippen molar-refractivity contribution in [3.8, 4) is 11.5 Å². The van der Waals surface area contributed by atoms with Gasteiger partial charge in [-0.2, -0.15) is 0 Å². The van der Waals surface area contributed by atoms with Crippen LogP contribution in [0.4, 0.5) is 0 Å². The van der Waals surface area contributed by atoms with Crippen molar-refractivity contribution < 1.29 is 4.42 Å². The first-order valence-corrected chi connectivity index (χ1v) is 5.23. The normalized spacial score (nSPS) is 20.9. The van der Waals surface area contributed by atoms with Gasteiger partial charge in [0.1, 0.15) is 11.5 Å². The van der Waals surface area contributed by atoms with E-state index in [1.165, 1.54) is 0 Å². The predicted octanol–water partition coefficient (Wildman–Crippen LogP) is 1.75. The Bertz CT molecular complexity index is 426. The number of hydrogen-bond acceptors (Lipinski definition) is 3. The van der Waals surface area contributed by atoms with Crippen LogP contribution < -0.4 is 5.32 Å². The topological polar surface area (TPSA) is 53.9 Å². The van der Waals surface area contributed by atoms with Gasteiger partial charge >= 0.3 is 0 Å². The molecule has 3 rings (SSSR count). The third kappa shape index (κ3) is 1.57. The first-order chi connectivity index (χ1) is 7.43. The summed E-state index contributed by atoms with van der Waals surface area (Å²) in [4.78, 5) is 7.71. The van der Waals surface area contributed by atoms with Crippen LogP contribution in [-0.4, -0.2) is 23.1 Å². The Balaban J connectivity index is 1.87. The fourth-order valence-electron chi connectivity index (χ4n) is 1.99. The average molecular weight is 203 g/mol. The molecular formula is C11H13N3O. The second-order valence-corrected chi connectivity index (χ2v) is 3.85. The number of rotatable bonds is 2. The number of hydrogen-bond donors (Lipinski definition) is 2. The summed E-state index contributed by atoms with van der Waals surface area (Å²) in [7, 11) is 0. The van der Waals surface area contributed by atoms with E-state index in [1.807, 2.05) is 18.3 Å². The van der Waals surface area contributed by atoms with Gasteiger partial charge in [0.25, 0.3) is 0 Å². The number of aromatic nitrogens is 2. The lowest BCUT2D eigenvalue weighted by Gasteiger charge is -2.02. The van der Waals surface area contributed by atoms with E-state index in [1.54, 1.807) is 6.26 Å². The van der Waals surface area contributed by atoms with Gasteiger partial charge in [0.15, 0.2) is 5.76 Å². The van der Waals surface area contributed by atoms with Crippen LogP contribution in [0.1, 0.15) is 18.2 Å². The third-order valence-electron chi connectivity index (χ3n) is 2.83. The molecule has 4 heteroatoms. The van der Waals surface area contributed by atoms with E-state index in [0.717, 1.165) is 36.8 Å². The minimum Gasteiger partial charge on any atom is -0.463 e. The maximum absolute atomic E-state index is 5.31. The number of furan rings is 1. The minimum atomic E-state index is 0.522. The molecule has 1 aliphatic heterocycles. The van der Waals surface area contributed by atoms with E-state index >= 15 is 0 Å². The highest BCUT2D eigenvalue weighted by atomic mass is 16.3. The van der Waals surface area contributed by atoms with Crippen LogP contribution in [0.2, 0.25) is 0 Å². The zero-order valence-electron chi connectivity index (χ0n) is 8.36. The maximum Gasteiger partial charge on any atom is 0.151 e. The van der Waals surface area contributed by atoms with Crippen LogP contribution in [0.3, 0.4) is 0 Å². The van der Waals surface area contributed by atoms with E-state index in [2.05, 4.69) is 15.3 Å². The summed E-state index contributed by atoms with van der Waals surface area (Å²) in [6, 6.07) is 3.82. The van der Waals surface area contributed by atoms with Crippen molar-refractivity contribution in [1.29, 1.82) is 0 Å². The van der Waals surface area contributed by atoms with Crippen LogP contribution in [-0.2, 0) is 0 Å². The van der Waals surface area contributed by atoms with Crippen molar-refractivity contribution in [2.45, 2.75) is 12.3 Å². The van der Waals surface area contributed by atoms with Gasteiger partial charge in [-0.1, -0.05) is 0 Å². The van der Waals surface area contributed by atoms with Crippen molar-refractivity contribution in [3.63, 3.8) is 0 Å². The summed E-state index contributed by atoms with van der Waals surface area (Å²) in [5, 5.41) is 3.33. The smallest absolute Gasteiger partial charge is 0.151 e. The molecule has 3 heterocycles. The van der Waals surface area contributed by atoms with Gasteiger partial charge in [-0.05, 0) is 25.1 Å². The molecule has 0 aromatic carbocycles. The van der Waals surface area contributed by atoms with E-state index in [9.17, 15) is 0 Å². The minimum absolute atomic E-state index is 0.522. The number of aromatic amines is 1. The average Bonchev–Trinajstić information content (AvgIpc) is 3.02. The lowest BCUT2D eigenvalue weighted by Crippen LogP contribution is -2.08. The first-order valence-electron chi connectivity index (χ1n) is 5.23. The zero-order chi connectivity index (χ0) is 10.1. The highest BCUT2D eigenvalue weighted by Gasteiger charge is 2.19. The summed E-state index contributed by atoms with van der Waals surface area (Å²) in [6.45, 7) is 2.10. The third-order valence-corrected chi connectivity index (χ3v) is 2.83. The van der Waals surface area contributed by atoms with Crippen LogP contribution in [0.15, 0.2) is 29.0 Å². The Morgan fingerprint density at radius 2 is 2.47 bits per heavy atom. The van der Waals surface area contributed by atoms with Gasteiger partial charge in [0.05, 0.1) is 12.5 Å². The van der Waals surface area contributed by atoms with Gasteiger partial charge in [-0.25, -0.2) is 4.98 Å². The van der Waals surface area contributed by atoms with Gasteiger partial charge in [0.2, 0.25) is 0 Å². The van der Waals surface area contributed by atoms with Crippen molar-refractivity contribution in [1.82, 2.24) is 15.3 Å². The van der Waals surface area contributed by atoms with Crippen LogP contribution in [0, 0.1) is 0 Å². The van der Waals surface area contributed by atoms with Crippen LogP contribution in [0.25, 0.3) is 11.5 Å². The molecule has 78 valence electrons. The quantitative estimate of drug-likeness (QED) is 0.781. The van der Waals surface area contributed by atoms with Crippen molar-refractivity contribution in [3.05, 3.63) is 30.4 Å². The lowest BCUT2D eigenvalue weighted by molar-refractivity contribution is 0.580. The second kappa shape index (κ2) is 3.55. The number of H-pyrrole nitrogens is 1. The molecule has 15 heavy (non-hydrogen) atoms. The Hall–Kier alpha value is -1.55. The molecule has 1 saturated heterocycles. The Morgan fingerprint density at radius 3 is 3.20 bits per heavy atom. The molecule has 4 nitrogen and oxygen atoms in total. The van der Waals surface area contributed by atoms with Gasteiger partial charge in [0, 0.05) is 12.5 Å². The summed E-state index contributed by atoms with van der Waals surface area (Å²) in [5.41, 5.74) is 0.960. The molecule has 2 aromatic rings. The molecule has 0 aliphatic carbocycles. The molecule has 1 aliphatic rings.